The van der Waals surface area contributed by atoms with Crippen LogP contribution in [0.1, 0.15) is 34.7 Å². The van der Waals surface area contributed by atoms with Gasteiger partial charge in [-0.25, -0.2) is 9.97 Å². The van der Waals surface area contributed by atoms with Crippen molar-refractivity contribution in [3.63, 3.8) is 0 Å². The number of anilines is 1. The molecule has 0 unspecified atom stereocenters. The Balaban J connectivity index is 1.83. The van der Waals surface area contributed by atoms with Gasteiger partial charge in [-0.1, -0.05) is 30.3 Å². The second-order valence-electron chi connectivity index (χ2n) is 6.77. The molecule has 5 nitrogen and oxygen atoms in total. The number of aryl methyl sites for hydroxylation is 2. The molecule has 1 aromatic carbocycles. The Morgan fingerprint density at radius 2 is 1.96 bits per heavy atom. The first kappa shape index (κ1) is 17.0. The van der Waals surface area contributed by atoms with Gasteiger partial charge in [0.25, 0.3) is 0 Å². The maximum Gasteiger partial charge on any atom is 0.323 e. The van der Waals surface area contributed by atoms with Crippen LogP contribution in [-0.4, -0.2) is 34.6 Å². The number of carboxylic acid groups (broad SMARTS) is 1. The van der Waals surface area contributed by atoms with E-state index in [0.29, 0.717) is 6.42 Å². The van der Waals surface area contributed by atoms with Crippen LogP contribution in [0.3, 0.4) is 0 Å². The lowest BCUT2D eigenvalue weighted by atomic mass is 9.97. The van der Waals surface area contributed by atoms with Crippen molar-refractivity contribution >= 4 is 33.3 Å². The highest BCUT2D eigenvalue weighted by atomic mass is 32.1. The third kappa shape index (κ3) is 3.29. The fourth-order valence-electron chi connectivity index (χ4n) is 3.59. The minimum Gasteiger partial charge on any atom is -0.480 e. The molecule has 6 heteroatoms. The summed E-state index contributed by atoms with van der Waals surface area (Å²) < 4.78 is 0. The van der Waals surface area contributed by atoms with Gasteiger partial charge in [0.05, 0.1) is 5.39 Å². The van der Waals surface area contributed by atoms with Crippen molar-refractivity contribution in [2.45, 2.75) is 32.1 Å². The number of hydrogen-bond donors (Lipinski definition) is 1. The van der Waals surface area contributed by atoms with Crippen LogP contribution in [0.15, 0.2) is 30.3 Å². The lowest BCUT2D eigenvalue weighted by molar-refractivity contribution is -0.135. The maximum absolute atomic E-state index is 11.2. The normalized spacial score (nSPS) is 13.6. The van der Waals surface area contributed by atoms with Gasteiger partial charge < -0.3 is 10.0 Å². The molecule has 3 aromatic rings. The Hall–Kier alpha value is -2.47. The lowest BCUT2D eigenvalue weighted by Gasteiger charge is -2.19. The number of hydrogen-bond acceptors (Lipinski definition) is 5. The number of carboxylic acids is 1. The summed E-state index contributed by atoms with van der Waals surface area (Å²) in [6, 6.07) is 10.1. The van der Waals surface area contributed by atoms with Crippen molar-refractivity contribution in [3.8, 4) is 0 Å². The van der Waals surface area contributed by atoms with E-state index in [0.717, 1.165) is 40.3 Å². The number of thiophene rings is 1. The Morgan fingerprint density at radius 1 is 1.19 bits per heavy atom. The summed E-state index contributed by atoms with van der Waals surface area (Å²) >= 11 is 1.75. The van der Waals surface area contributed by atoms with Crippen LogP contribution in [0.5, 0.6) is 0 Å². The van der Waals surface area contributed by atoms with Crippen LogP contribution in [0.25, 0.3) is 10.2 Å². The highest BCUT2D eigenvalue weighted by Crippen LogP contribution is 2.39. The average Bonchev–Trinajstić information content (AvgIpc) is 2.99. The number of nitrogens with zero attached hydrogens (tertiary/aromatic N) is 3. The summed E-state index contributed by atoms with van der Waals surface area (Å²) in [5.41, 5.74) is 2.48. The summed E-state index contributed by atoms with van der Waals surface area (Å²) in [6.07, 6.45) is 5.15. The van der Waals surface area contributed by atoms with Crippen LogP contribution in [0, 0.1) is 0 Å². The van der Waals surface area contributed by atoms with Gasteiger partial charge in [-0.15, -0.1) is 11.3 Å². The van der Waals surface area contributed by atoms with Crippen LogP contribution >= 0.6 is 11.3 Å². The second kappa shape index (κ2) is 7.03. The minimum atomic E-state index is -0.854. The van der Waals surface area contributed by atoms with Gasteiger partial charge in [0.2, 0.25) is 0 Å². The van der Waals surface area contributed by atoms with Crippen molar-refractivity contribution in [1.29, 1.82) is 0 Å². The molecule has 1 N–H and O–H groups in total. The van der Waals surface area contributed by atoms with Gasteiger partial charge in [0, 0.05) is 18.3 Å². The second-order valence-corrected chi connectivity index (χ2v) is 7.85. The topological polar surface area (TPSA) is 66.3 Å². The lowest BCUT2D eigenvalue weighted by Crippen LogP contribution is -2.26. The van der Waals surface area contributed by atoms with Gasteiger partial charge in [0.1, 0.15) is 23.0 Å². The number of fused-ring (bicyclic) bond motifs is 3. The van der Waals surface area contributed by atoms with Crippen molar-refractivity contribution in [3.05, 3.63) is 52.2 Å². The first-order valence-corrected chi connectivity index (χ1v) is 9.71. The Labute approximate surface area is 156 Å². The highest BCUT2D eigenvalue weighted by Gasteiger charge is 2.23. The third-order valence-electron chi connectivity index (χ3n) is 4.78. The molecule has 1 aliphatic carbocycles. The smallest absolute Gasteiger partial charge is 0.323 e. The third-order valence-corrected chi connectivity index (χ3v) is 5.97. The molecule has 0 fully saturated rings. The van der Waals surface area contributed by atoms with Gasteiger partial charge in [-0.2, -0.15) is 0 Å². The standard InChI is InChI=1S/C20H21N3O2S/c1-23(12-17(24)25)19-18-14-9-5-6-10-15(14)26-20(18)22-16(21-19)11-13-7-3-2-4-8-13/h2-4,7-8H,5-6,9-12H2,1H3,(H,24,25). The summed E-state index contributed by atoms with van der Waals surface area (Å²) in [5.74, 6) is 0.644. The quantitative estimate of drug-likeness (QED) is 0.745. The van der Waals surface area contributed by atoms with E-state index in [4.69, 9.17) is 9.97 Å². The van der Waals surface area contributed by atoms with E-state index in [-0.39, 0.29) is 6.54 Å². The molecule has 0 aliphatic heterocycles. The van der Waals surface area contributed by atoms with Gasteiger partial charge in [-0.05, 0) is 36.8 Å². The molecule has 0 saturated carbocycles. The van der Waals surface area contributed by atoms with Gasteiger partial charge >= 0.3 is 5.97 Å². The van der Waals surface area contributed by atoms with Crippen LogP contribution < -0.4 is 4.90 Å². The fraction of sp³-hybridized carbons (Fsp3) is 0.350. The van der Waals surface area contributed by atoms with Crippen molar-refractivity contribution in [1.82, 2.24) is 9.97 Å². The van der Waals surface area contributed by atoms with E-state index in [1.807, 2.05) is 18.2 Å². The number of carbonyl (C=O) groups is 1. The van der Waals surface area contributed by atoms with Gasteiger partial charge in [-0.3, -0.25) is 4.79 Å². The number of benzene rings is 1. The summed E-state index contributed by atoms with van der Waals surface area (Å²) in [6.45, 7) is -0.0679. The molecule has 1 aliphatic rings. The van der Waals surface area contributed by atoms with Gasteiger partial charge in [0.15, 0.2) is 0 Å². The molecule has 0 atom stereocenters. The Bertz CT molecular complexity index is 953. The average molecular weight is 367 g/mol. The molecule has 4 rings (SSSR count). The first-order valence-electron chi connectivity index (χ1n) is 8.90. The SMILES string of the molecule is CN(CC(=O)O)c1nc(Cc2ccccc2)nc2sc3c(c12)CCCC3. The summed E-state index contributed by atoms with van der Waals surface area (Å²) in [5, 5.41) is 10.3. The highest BCUT2D eigenvalue weighted by molar-refractivity contribution is 7.19. The van der Waals surface area contributed by atoms with E-state index in [2.05, 4.69) is 12.1 Å². The maximum atomic E-state index is 11.2. The largest absolute Gasteiger partial charge is 0.480 e. The summed E-state index contributed by atoms with van der Waals surface area (Å²) in [4.78, 5) is 25.0. The summed E-state index contributed by atoms with van der Waals surface area (Å²) in [7, 11) is 1.80. The van der Waals surface area contributed by atoms with Crippen molar-refractivity contribution in [2.24, 2.45) is 0 Å². The first-order chi connectivity index (χ1) is 12.6. The molecule has 2 aromatic heterocycles. The molecule has 0 spiro atoms. The van der Waals surface area contributed by atoms with E-state index < -0.39 is 5.97 Å². The molecule has 0 bridgehead atoms. The molecule has 134 valence electrons. The van der Waals surface area contributed by atoms with Crippen molar-refractivity contribution < 1.29 is 9.90 Å². The van der Waals surface area contributed by atoms with E-state index in [1.165, 1.54) is 23.3 Å². The number of likely N-dealkylation sites (N-methyl/N-ethyl adjacent to an activating group) is 1. The number of rotatable bonds is 5. The predicted octanol–water partition coefficient (Wildman–Crippen LogP) is 3.68. The monoisotopic (exact) mass is 367 g/mol. The molecule has 0 saturated heterocycles. The molecular formula is C20H21N3O2S. The Morgan fingerprint density at radius 3 is 2.73 bits per heavy atom. The minimum absolute atomic E-state index is 0.0679. The molecule has 26 heavy (non-hydrogen) atoms. The fourth-order valence-corrected chi connectivity index (χ4v) is 4.87. The number of aliphatic carboxylic acids is 1. The number of aromatic nitrogens is 2. The van der Waals surface area contributed by atoms with E-state index in [9.17, 15) is 9.90 Å². The van der Waals surface area contributed by atoms with E-state index in [1.54, 1.807) is 23.3 Å². The molecule has 0 radical (unpaired) electrons. The zero-order valence-corrected chi connectivity index (χ0v) is 15.6. The zero-order chi connectivity index (χ0) is 18.1. The molecular weight excluding hydrogens is 346 g/mol. The Kier molecular flexibility index (Phi) is 4.59. The van der Waals surface area contributed by atoms with Crippen molar-refractivity contribution in [2.75, 3.05) is 18.5 Å². The van der Waals surface area contributed by atoms with Crippen LogP contribution in [0.4, 0.5) is 5.82 Å². The van der Waals surface area contributed by atoms with Crippen LogP contribution in [0.2, 0.25) is 0 Å². The van der Waals surface area contributed by atoms with E-state index >= 15 is 0 Å². The predicted molar refractivity (Wildman–Crippen MR) is 104 cm³/mol. The zero-order valence-electron chi connectivity index (χ0n) is 14.7. The van der Waals surface area contributed by atoms with Crippen LogP contribution in [-0.2, 0) is 24.1 Å². The molecule has 2 heterocycles. The molecule has 0 amide bonds.